The maximum Gasteiger partial charge on any atom is 0.197 e. The van der Waals surface area contributed by atoms with Gasteiger partial charge in [0.05, 0.1) is 12.7 Å². The summed E-state index contributed by atoms with van der Waals surface area (Å²) in [4.78, 5) is 12.7. The van der Waals surface area contributed by atoms with E-state index in [1.54, 1.807) is 19.2 Å². The first-order chi connectivity index (χ1) is 9.43. The fourth-order valence-corrected chi connectivity index (χ4v) is 3.39. The predicted octanol–water partition coefficient (Wildman–Crippen LogP) is 5.52. The fraction of sp³-hybridized carbons (Fsp3) is 0.133. The van der Waals surface area contributed by atoms with E-state index in [0.717, 1.165) is 19.0 Å². The molecule has 0 aliphatic rings. The first-order valence-electron chi connectivity index (χ1n) is 5.78. The molecule has 0 aromatic heterocycles. The Bertz CT molecular complexity index is 681. The van der Waals surface area contributed by atoms with Crippen LogP contribution in [0.1, 0.15) is 21.5 Å². The predicted molar refractivity (Wildman–Crippen MR) is 90.7 cm³/mol. The first kappa shape index (κ1) is 15.7. The highest BCUT2D eigenvalue weighted by Gasteiger charge is 2.18. The molecule has 0 bridgehead atoms. The molecule has 0 unspecified atom stereocenters. The summed E-state index contributed by atoms with van der Waals surface area (Å²) < 4.78 is 7.87. The molecular formula is C15H11Br3O2. The molecule has 0 aliphatic heterocycles. The zero-order chi connectivity index (χ0) is 14.9. The number of carbonyl (C=O) groups is 1. The Morgan fingerprint density at radius 2 is 1.70 bits per heavy atom. The minimum absolute atomic E-state index is 0.0816. The maximum absolute atomic E-state index is 12.7. The molecular weight excluding hydrogens is 452 g/mol. The van der Waals surface area contributed by atoms with Crippen LogP contribution in [0.4, 0.5) is 0 Å². The Hall–Kier alpha value is -0.650. The van der Waals surface area contributed by atoms with Crippen molar-refractivity contribution in [3.05, 3.63) is 60.4 Å². The third-order valence-corrected chi connectivity index (χ3v) is 4.90. The Morgan fingerprint density at radius 3 is 2.30 bits per heavy atom. The number of halogens is 3. The SMILES string of the molecule is COc1cc(C)c(Br)cc1C(=O)c1ccc(Br)cc1Br. The van der Waals surface area contributed by atoms with E-state index in [4.69, 9.17) is 4.74 Å². The minimum atomic E-state index is -0.0816. The summed E-state index contributed by atoms with van der Waals surface area (Å²) in [6.07, 6.45) is 0. The molecule has 0 N–H and O–H groups in total. The molecule has 0 saturated carbocycles. The minimum Gasteiger partial charge on any atom is -0.496 e. The molecule has 5 heteroatoms. The highest BCUT2D eigenvalue weighted by molar-refractivity contribution is 9.11. The van der Waals surface area contributed by atoms with E-state index in [-0.39, 0.29) is 5.78 Å². The number of methoxy groups -OCH3 is 1. The number of carbonyl (C=O) groups excluding carboxylic acids is 1. The van der Waals surface area contributed by atoms with Gasteiger partial charge in [0.1, 0.15) is 5.75 Å². The van der Waals surface area contributed by atoms with Crippen molar-refractivity contribution in [1.82, 2.24) is 0 Å². The summed E-state index contributed by atoms with van der Waals surface area (Å²) in [5, 5.41) is 0. The lowest BCUT2D eigenvalue weighted by atomic mass is 10.0. The maximum atomic E-state index is 12.7. The molecule has 0 radical (unpaired) electrons. The third kappa shape index (κ3) is 3.15. The van der Waals surface area contributed by atoms with Gasteiger partial charge in [-0.15, -0.1) is 0 Å². The van der Waals surface area contributed by atoms with Crippen LogP contribution in [0.15, 0.2) is 43.7 Å². The van der Waals surface area contributed by atoms with Crippen molar-refractivity contribution >= 4 is 53.6 Å². The van der Waals surface area contributed by atoms with Gasteiger partial charge in [-0.25, -0.2) is 0 Å². The van der Waals surface area contributed by atoms with E-state index in [2.05, 4.69) is 47.8 Å². The van der Waals surface area contributed by atoms with Crippen LogP contribution in [-0.2, 0) is 0 Å². The van der Waals surface area contributed by atoms with Crippen LogP contribution in [0, 0.1) is 6.92 Å². The normalized spacial score (nSPS) is 10.4. The molecule has 2 rings (SSSR count). The summed E-state index contributed by atoms with van der Waals surface area (Å²) in [7, 11) is 1.57. The van der Waals surface area contributed by atoms with Gasteiger partial charge in [-0.1, -0.05) is 31.9 Å². The second-order valence-corrected chi connectivity index (χ2v) is 6.88. The molecule has 0 heterocycles. The van der Waals surface area contributed by atoms with Crippen LogP contribution >= 0.6 is 47.8 Å². The Balaban J connectivity index is 2.55. The van der Waals surface area contributed by atoms with E-state index in [1.807, 2.05) is 25.1 Å². The number of ketones is 1. The van der Waals surface area contributed by atoms with Gasteiger partial charge >= 0.3 is 0 Å². The van der Waals surface area contributed by atoms with Gasteiger partial charge in [-0.05, 0) is 58.7 Å². The molecule has 2 aromatic carbocycles. The molecule has 0 aliphatic carbocycles. The van der Waals surface area contributed by atoms with Gasteiger partial charge < -0.3 is 4.74 Å². The monoisotopic (exact) mass is 460 g/mol. The molecule has 2 aromatic rings. The average Bonchev–Trinajstić information content (AvgIpc) is 2.40. The number of hydrogen-bond donors (Lipinski definition) is 0. The van der Waals surface area contributed by atoms with Crippen LogP contribution in [-0.4, -0.2) is 12.9 Å². The zero-order valence-corrected chi connectivity index (χ0v) is 15.6. The van der Waals surface area contributed by atoms with Crippen molar-refractivity contribution in [3.63, 3.8) is 0 Å². The number of aryl methyl sites for hydroxylation is 1. The van der Waals surface area contributed by atoms with Gasteiger partial charge in [0, 0.05) is 19.0 Å². The van der Waals surface area contributed by atoms with Crippen LogP contribution in [0.3, 0.4) is 0 Å². The second-order valence-electron chi connectivity index (χ2n) is 4.25. The van der Waals surface area contributed by atoms with E-state index in [0.29, 0.717) is 16.9 Å². The second kappa shape index (κ2) is 6.41. The zero-order valence-electron chi connectivity index (χ0n) is 10.8. The molecule has 0 fully saturated rings. The topological polar surface area (TPSA) is 26.3 Å². The lowest BCUT2D eigenvalue weighted by Gasteiger charge is -2.11. The summed E-state index contributed by atoms with van der Waals surface area (Å²) >= 11 is 10.3. The van der Waals surface area contributed by atoms with Gasteiger partial charge in [0.2, 0.25) is 0 Å². The van der Waals surface area contributed by atoms with Crippen LogP contribution in [0.5, 0.6) is 5.75 Å². The Kier molecular flexibility index (Phi) is 5.04. The van der Waals surface area contributed by atoms with Gasteiger partial charge in [0.15, 0.2) is 5.78 Å². The standard InChI is InChI=1S/C15H11Br3O2/c1-8-5-14(20-2)11(7-12(8)17)15(19)10-4-3-9(16)6-13(10)18/h3-7H,1-2H3. The Morgan fingerprint density at radius 1 is 1.00 bits per heavy atom. The van der Waals surface area contributed by atoms with Crippen molar-refractivity contribution in [2.24, 2.45) is 0 Å². The highest BCUT2D eigenvalue weighted by Crippen LogP contribution is 2.31. The molecule has 0 spiro atoms. The lowest BCUT2D eigenvalue weighted by molar-refractivity contribution is 0.103. The average molecular weight is 463 g/mol. The van der Waals surface area contributed by atoms with Crippen molar-refractivity contribution in [3.8, 4) is 5.75 Å². The van der Waals surface area contributed by atoms with Gasteiger partial charge in [0.25, 0.3) is 0 Å². The summed E-state index contributed by atoms with van der Waals surface area (Å²) in [6.45, 7) is 1.95. The van der Waals surface area contributed by atoms with E-state index in [1.165, 1.54) is 0 Å². The first-order valence-corrected chi connectivity index (χ1v) is 8.16. The quantitative estimate of drug-likeness (QED) is 0.561. The highest BCUT2D eigenvalue weighted by atomic mass is 79.9. The summed E-state index contributed by atoms with van der Waals surface area (Å²) in [5.74, 6) is 0.493. The summed E-state index contributed by atoms with van der Waals surface area (Å²) in [5.41, 5.74) is 2.16. The van der Waals surface area contributed by atoms with Crippen molar-refractivity contribution < 1.29 is 9.53 Å². The van der Waals surface area contributed by atoms with Crippen molar-refractivity contribution in [2.75, 3.05) is 7.11 Å². The van der Waals surface area contributed by atoms with Gasteiger partial charge in [-0.3, -0.25) is 4.79 Å². The molecule has 0 atom stereocenters. The smallest absolute Gasteiger partial charge is 0.197 e. The molecule has 20 heavy (non-hydrogen) atoms. The third-order valence-electron chi connectivity index (χ3n) is 2.90. The summed E-state index contributed by atoms with van der Waals surface area (Å²) in [6, 6.07) is 9.12. The fourth-order valence-electron chi connectivity index (χ4n) is 1.82. The van der Waals surface area contributed by atoms with E-state index >= 15 is 0 Å². The number of benzene rings is 2. The lowest BCUT2D eigenvalue weighted by Crippen LogP contribution is -2.05. The molecule has 0 amide bonds. The number of hydrogen-bond acceptors (Lipinski definition) is 2. The molecule has 2 nitrogen and oxygen atoms in total. The van der Waals surface area contributed by atoms with Crippen LogP contribution < -0.4 is 4.74 Å². The van der Waals surface area contributed by atoms with Crippen LogP contribution in [0.2, 0.25) is 0 Å². The Labute approximate surface area is 142 Å². The van der Waals surface area contributed by atoms with Gasteiger partial charge in [-0.2, -0.15) is 0 Å². The number of ether oxygens (including phenoxy) is 1. The van der Waals surface area contributed by atoms with Crippen molar-refractivity contribution in [2.45, 2.75) is 6.92 Å². The van der Waals surface area contributed by atoms with E-state index in [9.17, 15) is 4.79 Å². The number of rotatable bonds is 3. The van der Waals surface area contributed by atoms with Crippen LogP contribution in [0.25, 0.3) is 0 Å². The van der Waals surface area contributed by atoms with Crippen molar-refractivity contribution in [1.29, 1.82) is 0 Å². The van der Waals surface area contributed by atoms with E-state index < -0.39 is 0 Å². The largest absolute Gasteiger partial charge is 0.496 e. The molecule has 0 saturated heterocycles. The molecule has 104 valence electrons.